The second-order valence-corrected chi connectivity index (χ2v) is 7.56. The minimum Gasteiger partial charge on any atom is -0.363 e. The summed E-state index contributed by atoms with van der Waals surface area (Å²) in [6, 6.07) is 6.76. The van der Waals surface area contributed by atoms with Crippen molar-refractivity contribution in [1.82, 2.24) is 4.90 Å². The second kappa shape index (κ2) is 7.26. The van der Waals surface area contributed by atoms with E-state index in [4.69, 9.17) is 23.8 Å². The smallest absolute Gasteiger partial charge is 0.325 e. The fourth-order valence-electron chi connectivity index (χ4n) is 0.998. The van der Waals surface area contributed by atoms with Gasteiger partial charge in [0.2, 0.25) is 0 Å². The van der Waals surface area contributed by atoms with Crippen LogP contribution in [0.15, 0.2) is 29.4 Å². The maximum absolute atomic E-state index is 11.0. The van der Waals surface area contributed by atoms with Crippen LogP contribution in [0.5, 0.6) is 0 Å². The molecule has 0 fully saturated rings. The Morgan fingerprint density at radius 3 is 2.35 bits per heavy atom. The van der Waals surface area contributed by atoms with Gasteiger partial charge in [-0.25, -0.2) is 0 Å². The third kappa shape index (κ3) is 6.08. The lowest BCUT2D eigenvalue weighted by molar-refractivity contribution is 0.344. The Bertz CT molecular complexity index is 612. The molecule has 0 aliphatic heterocycles. The highest BCUT2D eigenvalue weighted by Crippen LogP contribution is 2.19. The lowest BCUT2D eigenvalue weighted by Crippen LogP contribution is -2.18. The maximum Gasteiger partial charge on any atom is 0.325 e. The van der Waals surface area contributed by atoms with Gasteiger partial charge in [0, 0.05) is 24.7 Å². The van der Waals surface area contributed by atoms with Gasteiger partial charge in [-0.05, 0) is 23.9 Å². The van der Waals surface area contributed by atoms with E-state index in [-0.39, 0.29) is 0 Å². The molecule has 0 radical (unpaired) electrons. The van der Waals surface area contributed by atoms with Crippen molar-refractivity contribution in [3.8, 4) is 0 Å². The SMILES string of the molecule is CN(C)C(=S)S/C(=N\OS(C)(=O)=O)c1ccc(Cl)cc1. The molecule has 0 N–H and O–H groups in total. The van der Waals surface area contributed by atoms with Gasteiger partial charge >= 0.3 is 10.1 Å². The number of halogens is 1. The number of nitrogens with zero attached hydrogens (tertiary/aromatic N) is 2. The van der Waals surface area contributed by atoms with E-state index >= 15 is 0 Å². The summed E-state index contributed by atoms with van der Waals surface area (Å²) in [7, 11) is -0.107. The molecule has 5 nitrogen and oxygen atoms in total. The zero-order valence-corrected chi connectivity index (χ0v) is 14.2. The Balaban J connectivity index is 3.07. The Morgan fingerprint density at radius 2 is 1.90 bits per heavy atom. The quantitative estimate of drug-likeness (QED) is 0.360. The summed E-state index contributed by atoms with van der Waals surface area (Å²) in [6.07, 6.45) is 0.922. The predicted octanol–water partition coefficient (Wildman–Crippen LogP) is 2.56. The molecule has 0 atom stereocenters. The third-order valence-corrected chi connectivity index (χ3v) is 4.15. The topological polar surface area (TPSA) is 59.0 Å². The molecule has 0 aliphatic carbocycles. The van der Waals surface area contributed by atoms with Gasteiger partial charge in [0.25, 0.3) is 0 Å². The molecule has 0 saturated heterocycles. The van der Waals surface area contributed by atoms with Crippen molar-refractivity contribution in [2.75, 3.05) is 20.4 Å². The number of rotatable bonds is 3. The normalized spacial score (nSPS) is 12.1. The van der Waals surface area contributed by atoms with E-state index in [2.05, 4.69) is 9.44 Å². The first-order chi connectivity index (χ1) is 9.19. The molecule has 0 spiro atoms. The summed E-state index contributed by atoms with van der Waals surface area (Å²) in [5.41, 5.74) is 0.659. The van der Waals surface area contributed by atoms with E-state index in [9.17, 15) is 8.42 Å². The van der Waals surface area contributed by atoms with E-state index in [1.165, 1.54) is 0 Å². The second-order valence-electron chi connectivity index (χ2n) is 3.94. The van der Waals surface area contributed by atoms with Gasteiger partial charge in [-0.2, -0.15) is 8.42 Å². The van der Waals surface area contributed by atoms with Crippen molar-refractivity contribution < 1.29 is 12.7 Å². The molecule has 0 amide bonds. The van der Waals surface area contributed by atoms with Crippen molar-refractivity contribution in [2.24, 2.45) is 5.16 Å². The van der Waals surface area contributed by atoms with Crippen molar-refractivity contribution in [3.05, 3.63) is 34.9 Å². The molecule has 0 bridgehead atoms. The van der Waals surface area contributed by atoms with Gasteiger partial charge in [0.05, 0.1) is 6.26 Å². The van der Waals surface area contributed by atoms with E-state index in [1.807, 2.05) is 0 Å². The Labute approximate surface area is 133 Å². The van der Waals surface area contributed by atoms with Crippen LogP contribution in [-0.4, -0.2) is 43.0 Å². The van der Waals surface area contributed by atoms with Gasteiger partial charge in [0.1, 0.15) is 4.32 Å². The number of hydrogen-bond donors (Lipinski definition) is 0. The minimum atomic E-state index is -3.68. The molecule has 1 aromatic rings. The highest BCUT2D eigenvalue weighted by Gasteiger charge is 2.12. The molecule has 9 heteroatoms. The standard InChI is InChI=1S/C11H13ClN2O3S3/c1-14(2)11(18)19-10(13-17-20(3,15)16)8-4-6-9(12)7-5-8/h4-7H,1-3H3/b13-10-. The fourth-order valence-corrected chi connectivity index (χ4v) is 2.29. The van der Waals surface area contributed by atoms with Crippen molar-refractivity contribution in [3.63, 3.8) is 0 Å². The molecule has 20 heavy (non-hydrogen) atoms. The molecule has 0 aromatic heterocycles. The van der Waals surface area contributed by atoms with Gasteiger partial charge in [-0.15, -0.1) is 0 Å². The van der Waals surface area contributed by atoms with Crippen LogP contribution in [0.3, 0.4) is 0 Å². The van der Waals surface area contributed by atoms with E-state index < -0.39 is 10.1 Å². The van der Waals surface area contributed by atoms with Gasteiger partial charge in [0.15, 0.2) is 5.04 Å². The Morgan fingerprint density at radius 1 is 1.35 bits per heavy atom. The first-order valence-corrected chi connectivity index (χ1v) is 8.72. The first kappa shape index (κ1) is 17.2. The average Bonchev–Trinajstić information content (AvgIpc) is 2.34. The van der Waals surface area contributed by atoms with Crippen LogP contribution in [0.25, 0.3) is 0 Å². The molecule has 1 rings (SSSR count). The van der Waals surface area contributed by atoms with Crippen LogP contribution < -0.4 is 0 Å². The monoisotopic (exact) mass is 352 g/mol. The van der Waals surface area contributed by atoms with Crippen LogP contribution in [0.2, 0.25) is 5.02 Å². The molecule has 0 unspecified atom stereocenters. The van der Waals surface area contributed by atoms with Crippen molar-refractivity contribution in [2.45, 2.75) is 0 Å². The van der Waals surface area contributed by atoms with E-state index in [0.29, 0.717) is 20.0 Å². The molecule has 110 valence electrons. The lowest BCUT2D eigenvalue weighted by Gasteiger charge is -2.13. The third-order valence-electron chi connectivity index (χ3n) is 1.90. The number of benzene rings is 1. The van der Waals surface area contributed by atoms with Gasteiger partial charge < -0.3 is 4.90 Å². The molecule has 1 aromatic carbocycles. The zero-order valence-electron chi connectivity index (χ0n) is 11.0. The molecule has 0 heterocycles. The van der Waals surface area contributed by atoms with Gasteiger partial charge in [-0.1, -0.05) is 41.1 Å². The predicted molar refractivity (Wildman–Crippen MR) is 87.8 cm³/mol. The molecular weight excluding hydrogens is 340 g/mol. The maximum atomic E-state index is 11.0. The summed E-state index contributed by atoms with van der Waals surface area (Å²) < 4.78 is 27.1. The summed E-state index contributed by atoms with van der Waals surface area (Å²) >= 11 is 12.1. The van der Waals surface area contributed by atoms with Crippen LogP contribution in [0.1, 0.15) is 5.56 Å². The summed E-state index contributed by atoms with van der Waals surface area (Å²) in [5.74, 6) is 0. The summed E-state index contributed by atoms with van der Waals surface area (Å²) in [6.45, 7) is 0. The minimum absolute atomic E-state index is 0.339. The Kier molecular flexibility index (Phi) is 6.25. The van der Waals surface area contributed by atoms with Crippen LogP contribution in [0.4, 0.5) is 0 Å². The van der Waals surface area contributed by atoms with Crippen LogP contribution in [0, 0.1) is 0 Å². The van der Waals surface area contributed by atoms with E-state index in [0.717, 1.165) is 18.0 Å². The van der Waals surface area contributed by atoms with Crippen molar-refractivity contribution >= 4 is 55.1 Å². The number of hydrogen-bond acceptors (Lipinski definition) is 6. The number of thioether (sulfide) groups is 1. The molecule has 0 saturated carbocycles. The number of oxime groups is 1. The largest absolute Gasteiger partial charge is 0.363 e. The van der Waals surface area contributed by atoms with Gasteiger partial charge in [-0.3, -0.25) is 4.28 Å². The Hall–Kier alpha value is -0.830. The fraction of sp³-hybridized carbons (Fsp3) is 0.273. The zero-order chi connectivity index (χ0) is 15.3. The molecule has 0 aliphatic rings. The van der Waals surface area contributed by atoms with E-state index in [1.54, 1.807) is 43.3 Å². The van der Waals surface area contributed by atoms with Crippen molar-refractivity contribution in [1.29, 1.82) is 0 Å². The summed E-state index contributed by atoms with van der Waals surface area (Å²) in [4.78, 5) is 1.71. The first-order valence-electron chi connectivity index (χ1n) is 5.31. The van der Waals surface area contributed by atoms with Crippen LogP contribution >= 0.6 is 35.6 Å². The molecular formula is C11H13ClN2O3S3. The summed E-state index contributed by atoms with van der Waals surface area (Å²) in [5, 5.41) is 4.56. The van der Waals surface area contributed by atoms with Crippen LogP contribution in [-0.2, 0) is 14.4 Å². The highest BCUT2D eigenvalue weighted by molar-refractivity contribution is 8.33. The lowest BCUT2D eigenvalue weighted by atomic mass is 10.2. The average molecular weight is 353 g/mol. The highest BCUT2D eigenvalue weighted by atomic mass is 35.5. The number of thiocarbonyl (C=S) groups is 1.